The van der Waals surface area contributed by atoms with Gasteiger partial charge in [-0.15, -0.1) is 0 Å². The van der Waals surface area contributed by atoms with Crippen LogP contribution in [-0.2, 0) is 27.3 Å². The SMILES string of the molecule is COC(=O)N1CCN(C(=O)C2=CC=C(C(=O)NCCCCc3ccccc3CN)C=CC2)CC1. The lowest BCUT2D eigenvalue weighted by atomic mass is 10.0. The number of nitrogens with zero attached hydrogens (tertiary/aromatic N) is 2. The molecule has 8 heteroatoms. The number of nitrogens with one attached hydrogen (secondary N) is 1. The number of nitrogens with two attached hydrogens (primary N) is 1. The molecule has 182 valence electrons. The van der Waals surface area contributed by atoms with Gasteiger partial charge in [0.25, 0.3) is 5.91 Å². The van der Waals surface area contributed by atoms with E-state index in [0.29, 0.717) is 56.8 Å². The Hall–Kier alpha value is -3.39. The van der Waals surface area contributed by atoms with E-state index in [4.69, 9.17) is 10.5 Å². The van der Waals surface area contributed by atoms with Crippen LogP contribution in [0.5, 0.6) is 0 Å². The predicted molar refractivity (Wildman–Crippen MR) is 131 cm³/mol. The highest BCUT2D eigenvalue weighted by Gasteiger charge is 2.26. The molecule has 1 aromatic carbocycles. The van der Waals surface area contributed by atoms with E-state index in [1.807, 2.05) is 18.2 Å². The first-order chi connectivity index (χ1) is 16.5. The van der Waals surface area contributed by atoms with E-state index in [2.05, 4.69) is 17.4 Å². The van der Waals surface area contributed by atoms with Crippen molar-refractivity contribution >= 4 is 17.9 Å². The summed E-state index contributed by atoms with van der Waals surface area (Å²) in [7, 11) is 1.35. The van der Waals surface area contributed by atoms with Crippen LogP contribution in [0, 0.1) is 0 Å². The van der Waals surface area contributed by atoms with Crippen LogP contribution in [0.2, 0.25) is 0 Å². The van der Waals surface area contributed by atoms with Crippen LogP contribution in [0.1, 0.15) is 30.4 Å². The summed E-state index contributed by atoms with van der Waals surface area (Å²) in [4.78, 5) is 40.4. The van der Waals surface area contributed by atoms with Crippen molar-refractivity contribution in [2.75, 3.05) is 39.8 Å². The van der Waals surface area contributed by atoms with Gasteiger partial charge in [-0.25, -0.2) is 4.79 Å². The van der Waals surface area contributed by atoms with Gasteiger partial charge in [-0.2, -0.15) is 0 Å². The molecule has 1 aliphatic heterocycles. The summed E-state index contributed by atoms with van der Waals surface area (Å²) in [5, 5.41) is 2.97. The summed E-state index contributed by atoms with van der Waals surface area (Å²) in [5.74, 6) is -0.208. The first-order valence-corrected chi connectivity index (χ1v) is 11.8. The predicted octanol–water partition coefficient (Wildman–Crippen LogP) is 2.31. The van der Waals surface area contributed by atoms with E-state index in [-0.39, 0.29) is 17.9 Å². The fraction of sp³-hybridized carbons (Fsp3) is 0.423. The largest absolute Gasteiger partial charge is 0.453 e. The summed E-state index contributed by atoms with van der Waals surface area (Å²) < 4.78 is 4.74. The molecule has 34 heavy (non-hydrogen) atoms. The molecule has 3 N–H and O–H groups in total. The lowest BCUT2D eigenvalue weighted by molar-refractivity contribution is -0.128. The minimum absolute atomic E-state index is 0.0650. The van der Waals surface area contributed by atoms with E-state index in [1.165, 1.54) is 18.2 Å². The molecule has 2 aliphatic rings. The molecule has 1 saturated heterocycles. The zero-order chi connectivity index (χ0) is 24.3. The monoisotopic (exact) mass is 466 g/mol. The third-order valence-electron chi connectivity index (χ3n) is 6.13. The lowest BCUT2D eigenvalue weighted by Crippen LogP contribution is -2.50. The Bertz CT molecular complexity index is 975. The van der Waals surface area contributed by atoms with Crippen LogP contribution in [0.25, 0.3) is 0 Å². The molecule has 0 radical (unpaired) electrons. The molecule has 0 unspecified atom stereocenters. The van der Waals surface area contributed by atoms with Gasteiger partial charge in [-0.05, 0) is 42.9 Å². The van der Waals surface area contributed by atoms with E-state index >= 15 is 0 Å². The van der Waals surface area contributed by atoms with Crippen molar-refractivity contribution in [1.82, 2.24) is 15.1 Å². The minimum Gasteiger partial charge on any atom is -0.453 e. The third kappa shape index (κ3) is 6.81. The van der Waals surface area contributed by atoms with Crippen LogP contribution in [-0.4, -0.2) is 67.5 Å². The van der Waals surface area contributed by atoms with Crippen molar-refractivity contribution in [3.63, 3.8) is 0 Å². The van der Waals surface area contributed by atoms with Crippen molar-refractivity contribution in [3.8, 4) is 0 Å². The molecular formula is C26H34N4O4. The summed E-state index contributed by atoms with van der Waals surface area (Å²) >= 11 is 0. The van der Waals surface area contributed by atoms with E-state index in [1.54, 1.807) is 28.0 Å². The Labute approximate surface area is 201 Å². The van der Waals surface area contributed by atoms with Gasteiger partial charge in [-0.3, -0.25) is 9.59 Å². The fourth-order valence-electron chi connectivity index (χ4n) is 4.11. The molecule has 1 aliphatic carbocycles. The number of hydrogen-bond donors (Lipinski definition) is 2. The molecule has 0 saturated carbocycles. The normalized spacial score (nSPS) is 15.8. The van der Waals surface area contributed by atoms with Crippen LogP contribution >= 0.6 is 0 Å². The lowest BCUT2D eigenvalue weighted by Gasteiger charge is -2.34. The molecule has 1 fully saturated rings. The molecule has 3 amide bonds. The molecular weight excluding hydrogens is 432 g/mol. The third-order valence-corrected chi connectivity index (χ3v) is 6.13. The Morgan fingerprint density at radius 2 is 1.71 bits per heavy atom. The second kappa shape index (κ2) is 12.7. The number of allylic oxidation sites excluding steroid dienone is 3. The number of unbranched alkanes of at least 4 members (excludes halogenated alkanes) is 1. The fourth-order valence-corrected chi connectivity index (χ4v) is 4.11. The summed E-state index contributed by atoms with van der Waals surface area (Å²) in [6.45, 7) is 2.94. The van der Waals surface area contributed by atoms with Gasteiger partial charge >= 0.3 is 6.09 Å². The number of aryl methyl sites for hydroxylation is 1. The highest BCUT2D eigenvalue weighted by Crippen LogP contribution is 2.16. The smallest absolute Gasteiger partial charge is 0.409 e. The Morgan fingerprint density at radius 1 is 1.00 bits per heavy atom. The average molecular weight is 467 g/mol. The molecule has 0 bridgehead atoms. The Balaban J connectivity index is 1.45. The van der Waals surface area contributed by atoms with Gasteiger partial charge in [-0.1, -0.05) is 42.5 Å². The van der Waals surface area contributed by atoms with Crippen molar-refractivity contribution in [1.29, 1.82) is 0 Å². The van der Waals surface area contributed by atoms with Crippen molar-refractivity contribution in [2.45, 2.75) is 32.2 Å². The molecule has 0 aromatic heterocycles. The maximum Gasteiger partial charge on any atom is 0.409 e. The van der Waals surface area contributed by atoms with Gasteiger partial charge in [0.2, 0.25) is 5.91 Å². The molecule has 0 atom stereocenters. The second-order valence-electron chi connectivity index (χ2n) is 8.36. The van der Waals surface area contributed by atoms with E-state index in [9.17, 15) is 14.4 Å². The van der Waals surface area contributed by atoms with Crippen molar-refractivity contribution < 1.29 is 19.1 Å². The number of hydrogen-bond acceptors (Lipinski definition) is 5. The number of carbonyl (C=O) groups is 3. The zero-order valence-electron chi connectivity index (χ0n) is 19.8. The molecule has 0 spiro atoms. The van der Waals surface area contributed by atoms with Crippen LogP contribution < -0.4 is 11.1 Å². The summed E-state index contributed by atoms with van der Waals surface area (Å²) in [5.41, 5.74) is 9.39. The second-order valence-corrected chi connectivity index (χ2v) is 8.36. The maximum atomic E-state index is 12.9. The average Bonchev–Trinajstić information content (AvgIpc) is 3.14. The van der Waals surface area contributed by atoms with Gasteiger partial charge in [0.15, 0.2) is 0 Å². The molecule has 8 nitrogen and oxygen atoms in total. The molecule has 3 rings (SSSR count). The quantitative estimate of drug-likeness (QED) is 0.572. The number of amides is 3. The summed E-state index contributed by atoms with van der Waals surface area (Å²) in [6.07, 6.45) is 9.91. The highest BCUT2D eigenvalue weighted by molar-refractivity contribution is 5.98. The van der Waals surface area contributed by atoms with E-state index < -0.39 is 0 Å². The van der Waals surface area contributed by atoms with Gasteiger partial charge in [0, 0.05) is 50.4 Å². The van der Waals surface area contributed by atoms with Crippen LogP contribution in [0.3, 0.4) is 0 Å². The number of carbonyl (C=O) groups excluding carboxylic acids is 3. The topological polar surface area (TPSA) is 105 Å². The Kier molecular flexibility index (Phi) is 9.46. The maximum absolute atomic E-state index is 12.9. The Morgan fingerprint density at radius 3 is 2.41 bits per heavy atom. The number of benzene rings is 1. The summed E-state index contributed by atoms with van der Waals surface area (Å²) in [6, 6.07) is 8.18. The zero-order valence-corrected chi connectivity index (χ0v) is 19.8. The van der Waals surface area contributed by atoms with Gasteiger partial charge in [0.05, 0.1) is 7.11 Å². The van der Waals surface area contributed by atoms with Crippen LogP contribution in [0.15, 0.2) is 59.7 Å². The van der Waals surface area contributed by atoms with Crippen molar-refractivity contribution in [2.24, 2.45) is 5.73 Å². The number of rotatable bonds is 8. The minimum atomic E-state index is -0.373. The number of piperazine rings is 1. The number of methoxy groups -OCH3 is 1. The molecule has 1 heterocycles. The van der Waals surface area contributed by atoms with Crippen molar-refractivity contribution in [3.05, 3.63) is 70.8 Å². The van der Waals surface area contributed by atoms with Gasteiger partial charge < -0.3 is 25.6 Å². The number of ether oxygens (including phenoxy) is 1. The first kappa shape index (κ1) is 25.2. The van der Waals surface area contributed by atoms with Crippen LogP contribution in [0.4, 0.5) is 4.79 Å². The highest BCUT2D eigenvalue weighted by atomic mass is 16.5. The van der Waals surface area contributed by atoms with E-state index in [0.717, 1.165) is 19.3 Å². The van der Waals surface area contributed by atoms with Gasteiger partial charge in [0.1, 0.15) is 0 Å². The molecule has 1 aromatic rings. The standard InChI is InChI=1S/C26H34N4O4/c1-34-26(33)30-17-15-29(16-18-30)25(32)22-11-6-10-21(12-13-22)24(31)28-14-5-4-8-20-7-2-3-9-23(20)19-27/h2-3,6-7,9-10,12-13H,4-5,8,11,14-19,27H2,1H3,(H,28,31). The first-order valence-electron chi connectivity index (χ1n) is 11.8.